The molecular formula is C25H20ClNO3S. The van der Waals surface area contributed by atoms with Gasteiger partial charge in [0, 0.05) is 5.02 Å². The summed E-state index contributed by atoms with van der Waals surface area (Å²) in [5.41, 5.74) is 3.60. The summed E-state index contributed by atoms with van der Waals surface area (Å²) in [5.74, 6) is 0.415. The monoisotopic (exact) mass is 449 g/mol. The highest BCUT2D eigenvalue weighted by molar-refractivity contribution is 8.19. The highest BCUT2D eigenvalue weighted by atomic mass is 35.5. The van der Waals surface area contributed by atoms with Gasteiger partial charge in [0.05, 0.1) is 10.6 Å². The van der Waals surface area contributed by atoms with Gasteiger partial charge < -0.3 is 4.74 Å². The second-order valence-electron chi connectivity index (χ2n) is 7.02. The Morgan fingerprint density at radius 2 is 1.55 bits per heavy atom. The zero-order chi connectivity index (χ0) is 21.8. The third-order valence-electron chi connectivity index (χ3n) is 4.89. The molecule has 6 heteroatoms. The molecule has 0 aliphatic carbocycles. The van der Waals surface area contributed by atoms with Crippen LogP contribution in [0.1, 0.15) is 23.6 Å². The van der Waals surface area contributed by atoms with Crippen molar-refractivity contribution >= 4 is 46.3 Å². The summed E-state index contributed by atoms with van der Waals surface area (Å²) in [5, 5.41) is 0.402. The quantitative estimate of drug-likeness (QED) is 0.392. The van der Waals surface area contributed by atoms with E-state index in [2.05, 4.69) is 6.92 Å². The predicted octanol–water partition coefficient (Wildman–Crippen LogP) is 6.72. The number of halogens is 1. The number of thioether (sulfide) groups is 1. The van der Waals surface area contributed by atoms with Crippen molar-refractivity contribution in [3.05, 3.63) is 99.4 Å². The van der Waals surface area contributed by atoms with Crippen LogP contribution >= 0.6 is 23.4 Å². The Labute approximate surface area is 190 Å². The van der Waals surface area contributed by atoms with Gasteiger partial charge >= 0.3 is 0 Å². The maximum Gasteiger partial charge on any atom is 0.298 e. The third-order valence-corrected chi connectivity index (χ3v) is 6.01. The number of nitrogens with zero attached hydrogens (tertiary/aromatic N) is 1. The van der Waals surface area contributed by atoms with Crippen molar-refractivity contribution in [1.82, 2.24) is 0 Å². The maximum absolute atomic E-state index is 12.8. The predicted molar refractivity (Wildman–Crippen MR) is 126 cm³/mol. The molecule has 156 valence electrons. The second-order valence-corrected chi connectivity index (χ2v) is 8.45. The molecule has 0 radical (unpaired) electrons. The van der Waals surface area contributed by atoms with Crippen molar-refractivity contribution in [2.24, 2.45) is 0 Å². The van der Waals surface area contributed by atoms with Gasteiger partial charge in [-0.15, -0.1) is 0 Å². The van der Waals surface area contributed by atoms with E-state index in [0.717, 1.165) is 40.6 Å². The molecule has 0 aromatic heterocycles. The minimum atomic E-state index is -0.303. The van der Waals surface area contributed by atoms with Crippen molar-refractivity contribution in [3.63, 3.8) is 0 Å². The molecule has 0 spiro atoms. The molecule has 3 aromatic rings. The summed E-state index contributed by atoms with van der Waals surface area (Å²) < 4.78 is 5.79. The van der Waals surface area contributed by atoms with E-state index in [1.165, 1.54) is 4.90 Å². The number of aryl methyl sites for hydroxylation is 1. The number of benzene rings is 3. The molecule has 0 saturated carbocycles. The average Bonchev–Trinajstić information content (AvgIpc) is 3.07. The van der Waals surface area contributed by atoms with E-state index in [9.17, 15) is 9.59 Å². The second kappa shape index (κ2) is 9.41. The maximum atomic E-state index is 12.8. The van der Waals surface area contributed by atoms with Crippen molar-refractivity contribution < 1.29 is 14.3 Å². The third kappa shape index (κ3) is 5.01. The van der Waals surface area contributed by atoms with E-state index in [1.54, 1.807) is 6.08 Å². The zero-order valence-corrected chi connectivity index (χ0v) is 18.5. The van der Waals surface area contributed by atoms with Crippen LogP contribution in [0, 0.1) is 0 Å². The van der Waals surface area contributed by atoms with Gasteiger partial charge in [0.25, 0.3) is 11.1 Å². The van der Waals surface area contributed by atoms with Gasteiger partial charge in [0.15, 0.2) is 0 Å². The molecular weight excluding hydrogens is 430 g/mol. The standard InChI is InChI=1S/C25H20ClNO3S/c1-2-17-5-11-21(12-6-17)27-24(28)23(31-25(27)29)15-18-7-13-22(14-8-18)30-16-19-3-9-20(26)10-4-19/h3-15H,2,16H2,1H3/b23-15-. The van der Waals surface area contributed by atoms with Crippen LogP contribution < -0.4 is 9.64 Å². The Balaban J connectivity index is 1.43. The smallest absolute Gasteiger partial charge is 0.298 e. The fraction of sp³-hybridized carbons (Fsp3) is 0.120. The Morgan fingerprint density at radius 3 is 2.19 bits per heavy atom. The molecule has 0 atom stereocenters. The summed E-state index contributed by atoms with van der Waals surface area (Å²) in [4.78, 5) is 26.9. The first-order valence-electron chi connectivity index (χ1n) is 9.87. The minimum absolute atomic E-state index is 0.289. The number of hydrogen-bond acceptors (Lipinski definition) is 4. The zero-order valence-electron chi connectivity index (χ0n) is 16.9. The molecule has 4 nitrogen and oxygen atoms in total. The summed E-state index contributed by atoms with van der Waals surface area (Å²) in [6.07, 6.45) is 2.63. The molecule has 1 heterocycles. The van der Waals surface area contributed by atoms with Crippen molar-refractivity contribution in [1.29, 1.82) is 0 Å². The first-order chi connectivity index (χ1) is 15.0. The van der Waals surface area contributed by atoms with Crippen LogP contribution in [0.3, 0.4) is 0 Å². The van der Waals surface area contributed by atoms with E-state index >= 15 is 0 Å². The van der Waals surface area contributed by atoms with E-state index in [4.69, 9.17) is 16.3 Å². The molecule has 0 N–H and O–H groups in total. The highest BCUT2D eigenvalue weighted by Gasteiger charge is 2.36. The molecule has 0 unspecified atom stereocenters. The number of hydrogen-bond donors (Lipinski definition) is 0. The molecule has 31 heavy (non-hydrogen) atoms. The van der Waals surface area contributed by atoms with Gasteiger partial charge in [-0.3, -0.25) is 9.59 Å². The topological polar surface area (TPSA) is 46.6 Å². The summed E-state index contributed by atoms with van der Waals surface area (Å²) in [6, 6.07) is 22.4. The van der Waals surface area contributed by atoms with E-state index in [1.807, 2.05) is 72.8 Å². The van der Waals surface area contributed by atoms with Crippen LogP contribution in [-0.2, 0) is 17.8 Å². The number of amides is 2. The van der Waals surface area contributed by atoms with Crippen LogP contribution in [0.25, 0.3) is 6.08 Å². The molecule has 3 aromatic carbocycles. The normalized spacial score (nSPS) is 15.0. The van der Waals surface area contributed by atoms with Gasteiger partial charge in [-0.25, -0.2) is 4.90 Å². The van der Waals surface area contributed by atoms with E-state index in [-0.39, 0.29) is 11.1 Å². The Kier molecular flexibility index (Phi) is 6.44. The molecule has 1 aliphatic heterocycles. The highest BCUT2D eigenvalue weighted by Crippen LogP contribution is 2.36. The molecule has 1 fully saturated rings. The molecule has 0 bridgehead atoms. The van der Waals surface area contributed by atoms with E-state index < -0.39 is 0 Å². The Hall–Kier alpha value is -3.02. The SMILES string of the molecule is CCc1ccc(N2C(=O)S/C(=C\c3ccc(OCc4ccc(Cl)cc4)cc3)C2=O)cc1. The van der Waals surface area contributed by atoms with Crippen LogP contribution in [0.2, 0.25) is 5.02 Å². The van der Waals surface area contributed by atoms with Gasteiger partial charge in [-0.1, -0.05) is 54.9 Å². The lowest BCUT2D eigenvalue weighted by Crippen LogP contribution is -2.27. The van der Waals surface area contributed by atoms with Gasteiger partial charge in [-0.2, -0.15) is 0 Å². The lowest BCUT2D eigenvalue weighted by atomic mass is 10.1. The first-order valence-corrected chi connectivity index (χ1v) is 11.1. The number of anilines is 1. The number of carbonyl (C=O) groups excluding carboxylic acids is 2. The summed E-state index contributed by atoms with van der Waals surface area (Å²) in [6.45, 7) is 2.50. The van der Waals surface area contributed by atoms with Crippen molar-refractivity contribution in [2.45, 2.75) is 20.0 Å². The first kappa shape index (κ1) is 21.2. The van der Waals surface area contributed by atoms with Gasteiger partial charge in [0.2, 0.25) is 0 Å². The minimum Gasteiger partial charge on any atom is -0.489 e. The van der Waals surface area contributed by atoms with Crippen LogP contribution in [-0.4, -0.2) is 11.1 Å². The lowest BCUT2D eigenvalue weighted by molar-refractivity contribution is -0.113. The van der Waals surface area contributed by atoms with Crippen LogP contribution in [0.5, 0.6) is 5.75 Å². The molecule has 1 saturated heterocycles. The number of imide groups is 1. The van der Waals surface area contributed by atoms with E-state index in [0.29, 0.717) is 22.2 Å². The van der Waals surface area contributed by atoms with Crippen LogP contribution in [0.15, 0.2) is 77.7 Å². The molecule has 4 rings (SSSR count). The Morgan fingerprint density at radius 1 is 0.903 bits per heavy atom. The molecule has 1 aliphatic rings. The van der Waals surface area contributed by atoms with Crippen LogP contribution in [0.4, 0.5) is 10.5 Å². The fourth-order valence-electron chi connectivity index (χ4n) is 3.13. The van der Waals surface area contributed by atoms with Gasteiger partial charge in [0.1, 0.15) is 12.4 Å². The molecule has 2 amide bonds. The summed E-state index contributed by atoms with van der Waals surface area (Å²) >= 11 is 6.85. The fourth-order valence-corrected chi connectivity index (χ4v) is 4.10. The number of rotatable bonds is 6. The van der Waals surface area contributed by atoms with Crippen molar-refractivity contribution in [2.75, 3.05) is 4.90 Å². The Bertz CT molecular complexity index is 1120. The van der Waals surface area contributed by atoms with Gasteiger partial charge in [-0.05, 0) is 77.3 Å². The largest absolute Gasteiger partial charge is 0.489 e. The van der Waals surface area contributed by atoms with Crippen molar-refractivity contribution in [3.8, 4) is 5.75 Å². The average molecular weight is 450 g/mol. The number of carbonyl (C=O) groups is 2. The summed E-state index contributed by atoms with van der Waals surface area (Å²) in [7, 11) is 0. The lowest BCUT2D eigenvalue weighted by Gasteiger charge is -2.12. The number of ether oxygens (including phenoxy) is 1.